The first kappa shape index (κ1) is 16.9. The minimum atomic E-state index is -4.22. The lowest BCUT2D eigenvalue weighted by Gasteiger charge is -2.30. The third-order valence-corrected chi connectivity index (χ3v) is 4.76. The fourth-order valence-corrected chi connectivity index (χ4v) is 3.32. The van der Waals surface area contributed by atoms with Crippen LogP contribution in [0.15, 0.2) is 18.2 Å². The van der Waals surface area contributed by atoms with Gasteiger partial charge < -0.3 is 14.8 Å². The van der Waals surface area contributed by atoms with Crippen LogP contribution < -0.4 is 14.8 Å². The summed E-state index contributed by atoms with van der Waals surface area (Å²) in [7, 11) is 0. The van der Waals surface area contributed by atoms with Gasteiger partial charge in [0.15, 0.2) is 11.5 Å². The Bertz CT molecular complexity index is 618. The number of halogens is 3. The molecule has 1 amide bonds. The maximum absolute atomic E-state index is 12.9. The number of fused-ring (bicyclic) bond motifs is 1. The van der Waals surface area contributed by atoms with Gasteiger partial charge in [0.1, 0.15) is 0 Å². The fourth-order valence-electron chi connectivity index (χ4n) is 3.32. The first-order valence-electron chi connectivity index (χ1n) is 8.11. The zero-order valence-electron chi connectivity index (χ0n) is 13.4. The number of alkyl halides is 3. The highest BCUT2D eigenvalue weighted by Gasteiger charge is 2.43. The van der Waals surface area contributed by atoms with Crippen molar-refractivity contribution in [3.05, 3.63) is 23.8 Å². The van der Waals surface area contributed by atoms with E-state index in [0.717, 1.165) is 5.56 Å². The topological polar surface area (TPSA) is 47.6 Å². The lowest BCUT2D eigenvalue weighted by molar-refractivity contribution is -0.186. The molecular weight excluding hydrogens is 323 g/mol. The summed E-state index contributed by atoms with van der Waals surface area (Å²) in [6.45, 7) is 1.97. The van der Waals surface area contributed by atoms with E-state index in [9.17, 15) is 18.0 Å². The van der Waals surface area contributed by atoms with Crippen LogP contribution in [0.25, 0.3) is 0 Å². The van der Waals surface area contributed by atoms with Crippen LogP contribution in [0.1, 0.15) is 44.2 Å². The van der Waals surface area contributed by atoms with Crippen molar-refractivity contribution in [2.24, 2.45) is 11.8 Å². The molecule has 0 saturated heterocycles. The number of amides is 1. The molecule has 0 radical (unpaired) electrons. The van der Waals surface area contributed by atoms with Crippen LogP contribution in [0, 0.1) is 11.8 Å². The van der Waals surface area contributed by atoms with Crippen LogP contribution in [0.3, 0.4) is 0 Å². The molecule has 1 aliphatic heterocycles. The number of ether oxygens (including phenoxy) is 2. The van der Waals surface area contributed by atoms with Crippen molar-refractivity contribution in [2.45, 2.75) is 44.8 Å². The third-order valence-electron chi connectivity index (χ3n) is 4.76. The minimum absolute atomic E-state index is 0.116. The fraction of sp³-hybridized carbons (Fsp3) is 0.588. The maximum atomic E-state index is 12.9. The summed E-state index contributed by atoms with van der Waals surface area (Å²) >= 11 is 0. The van der Waals surface area contributed by atoms with Crippen LogP contribution in [0.4, 0.5) is 13.2 Å². The monoisotopic (exact) mass is 343 g/mol. The van der Waals surface area contributed by atoms with Crippen molar-refractivity contribution in [2.75, 3.05) is 6.79 Å². The van der Waals surface area contributed by atoms with E-state index in [1.165, 1.54) is 0 Å². The highest BCUT2D eigenvalue weighted by Crippen LogP contribution is 2.40. The molecule has 1 aromatic rings. The quantitative estimate of drug-likeness (QED) is 0.904. The third kappa shape index (κ3) is 3.60. The normalized spacial score (nSPS) is 24.5. The van der Waals surface area contributed by atoms with E-state index in [4.69, 9.17) is 9.47 Å². The van der Waals surface area contributed by atoms with Gasteiger partial charge in [-0.25, -0.2) is 0 Å². The molecule has 2 aliphatic rings. The largest absolute Gasteiger partial charge is 0.454 e. The van der Waals surface area contributed by atoms with Gasteiger partial charge in [-0.2, -0.15) is 13.2 Å². The summed E-state index contributed by atoms with van der Waals surface area (Å²) in [5.41, 5.74) is 0.829. The molecule has 0 spiro atoms. The molecule has 24 heavy (non-hydrogen) atoms. The van der Waals surface area contributed by atoms with Gasteiger partial charge in [-0.3, -0.25) is 4.79 Å². The van der Waals surface area contributed by atoms with Crippen molar-refractivity contribution in [3.8, 4) is 11.5 Å². The molecule has 1 heterocycles. The molecular formula is C17H20F3NO3. The van der Waals surface area contributed by atoms with Gasteiger partial charge in [-0.15, -0.1) is 0 Å². The average molecular weight is 343 g/mol. The molecule has 1 fully saturated rings. The summed E-state index contributed by atoms with van der Waals surface area (Å²) in [4.78, 5) is 12.4. The average Bonchev–Trinajstić information content (AvgIpc) is 3.01. The second-order valence-electron chi connectivity index (χ2n) is 6.45. The summed E-state index contributed by atoms with van der Waals surface area (Å²) in [5.74, 6) is -1.00. The van der Waals surface area contributed by atoms with Crippen molar-refractivity contribution in [1.82, 2.24) is 5.32 Å². The Balaban J connectivity index is 1.61. The van der Waals surface area contributed by atoms with E-state index in [1.807, 2.05) is 6.07 Å². The molecule has 4 nitrogen and oxygen atoms in total. The summed E-state index contributed by atoms with van der Waals surface area (Å²) < 4.78 is 49.2. The van der Waals surface area contributed by atoms with Crippen LogP contribution in [-0.2, 0) is 4.79 Å². The lowest BCUT2D eigenvalue weighted by atomic mass is 9.80. The molecule has 3 atom stereocenters. The number of benzene rings is 1. The molecule has 0 unspecified atom stereocenters. The van der Waals surface area contributed by atoms with E-state index >= 15 is 0 Å². The van der Waals surface area contributed by atoms with E-state index in [1.54, 1.807) is 19.1 Å². The summed E-state index contributed by atoms with van der Waals surface area (Å²) in [6, 6.07) is 5.06. The number of nitrogens with one attached hydrogen (secondary N) is 1. The zero-order valence-corrected chi connectivity index (χ0v) is 13.4. The Morgan fingerprint density at radius 2 is 2.00 bits per heavy atom. The van der Waals surface area contributed by atoms with E-state index in [0.29, 0.717) is 24.3 Å². The standard InChI is InChI=1S/C17H20F3NO3/c1-10(11-5-6-14-15(8-11)24-9-23-14)21-16(22)12-3-2-4-13(7-12)17(18,19)20/h5-6,8,10,12-13H,2-4,7,9H2,1H3,(H,21,22)/t10-,12+,13+/m0/s1. The summed E-state index contributed by atoms with van der Waals surface area (Å²) in [5, 5.41) is 2.83. The highest BCUT2D eigenvalue weighted by molar-refractivity contribution is 5.79. The van der Waals surface area contributed by atoms with Crippen LogP contribution in [0.5, 0.6) is 11.5 Å². The molecule has 0 aromatic heterocycles. The Labute approximate surface area is 138 Å². The smallest absolute Gasteiger partial charge is 0.391 e. The second-order valence-corrected chi connectivity index (χ2v) is 6.45. The van der Waals surface area contributed by atoms with Gasteiger partial charge in [0.25, 0.3) is 0 Å². The number of hydrogen-bond acceptors (Lipinski definition) is 3. The summed E-state index contributed by atoms with van der Waals surface area (Å²) in [6.07, 6.45) is -3.29. The highest BCUT2D eigenvalue weighted by atomic mass is 19.4. The SMILES string of the molecule is C[C@H](NC(=O)[C@@H]1CCC[C@@H](C(F)(F)F)C1)c1ccc2c(c1)OCO2. The number of hydrogen-bond donors (Lipinski definition) is 1. The molecule has 7 heteroatoms. The molecule has 132 valence electrons. The van der Waals surface area contributed by atoms with Crippen molar-refractivity contribution in [3.63, 3.8) is 0 Å². The number of rotatable bonds is 3. The van der Waals surface area contributed by atoms with Crippen LogP contribution in [0.2, 0.25) is 0 Å². The van der Waals surface area contributed by atoms with Crippen molar-refractivity contribution < 1.29 is 27.4 Å². The molecule has 1 aliphatic carbocycles. The van der Waals surface area contributed by atoms with Crippen LogP contribution >= 0.6 is 0 Å². The predicted molar refractivity (Wildman–Crippen MR) is 80.6 cm³/mol. The second kappa shape index (κ2) is 6.53. The first-order chi connectivity index (χ1) is 11.3. The van der Waals surface area contributed by atoms with Crippen LogP contribution in [-0.4, -0.2) is 18.9 Å². The molecule has 0 bridgehead atoms. The lowest BCUT2D eigenvalue weighted by Crippen LogP contribution is -2.38. The van der Waals surface area contributed by atoms with E-state index < -0.39 is 18.0 Å². The Morgan fingerprint density at radius 3 is 2.75 bits per heavy atom. The Kier molecular flexibility index (Phi) is 4.60. The maximum Gasteiger partial charge on any atom is 0.391 e. The van der Waals surface area contributed by atoms with E-state index in [2.05, 4.69) is 5.32 Å². The first-order valence-corrected chi connectivity index (χ1v) is 8.11. The number of carbonyl (C=O) groups is 1. The molecule has 1 saturated carbocycles. The number of carbonyl (C=O) groups excluding carboxylic acids is 1. The van der Waals surface area contributed by atoms with Gasteiger partial charge in [0, 0.05) is 5.92 Å². The van der Waals surface area contributed by atoms with Gasteiger partial charge in [0.2, 0.25) is 12.7 Å². The predicted octanol–water partition coefficient (Wildman–Crippen LogP) is 3.96. The Hall–Kier alpha value is -1.92. The zero-order chi connectivity index (χ0) is 17.3. The van der Waals surface area contributed by atoms with Crippen molar-refractivity contribution in [1.29, 1.82) is 0 Å². The molecule has 1 N–H and O–H groups in total. The van der Waals surface area contributed by atoms with E-state index in [-0.39, 0.29) is 31.6 Å². The molecule has 1 aromatic carbocycles. The minimum Gasteiger partial charge on any atom is -0.454 e. The van der Waals surface area contributed by atoms with Crippen molar-refractivity contribution >= 4 is 5.91 Å². The van der Waals surface area contributed by atoms with Gasteiger partial charge >= 0.3 is 6.18 Å². The Morgan fingerprint density at radius 1 is 1.25 bits per heavy atom. The van der Waals surface area contributed by atoms with Gasteiger partial charge in [0.05, 0.1) is 12.0 Å². The van der Waals surface area contributed by atoms with Gasteiger partial charge in [-0.1, -0.05) is 12.5 Å². The van der Waals surface area contributed by atoms with Gasteiger partial charge in [-0.05, 0) is 43.9 Å². The molecule has 3 rings (SSSR count).